The zero-order valence-electron chi connectivity index (χ0n) is 9.34. The van der Waals surface area contributed by atoms with Crippen LogP contribution in [0.4, 0.5) is 0 Å². The highest BCUT2D eigenvalue weighted by molar-refractivity contribution is 5.06. The Bertz CT molecular complexity index is 191. The average Bonchev–Trinajstić information content (AvgIpc) is 2.21. The van der Waals surface area contributed by atoms with Crippen LogP contribution >= 0.6 is 0 Å². The molecule has 0 N–H and O–H groups in total. The molecule has 0 heterocycles. The van der Waals surface area contributed by atoms with Crippen LogP contribution in [0.25, 0.3) is 0 Å². The monoisotopic (exact) mass is 190 g/mol. The van der Waals surface area contributed by atoms with Gasteiger partial charge in [0, 0.05) is 6.42 Å². The highest BCUT2D eigenvalue weighted by Crippen LogP contribution is 2.05. The van der Waals surface area contributed by atoms with E-state index in [1.54, 1.807) is 0 Å². The van der Waals surface area contributed by atoms with Crippen LogP contribution in [-0.4, -0.2) is 0 Å². The largest absolute Gasteiger partial charge is 0.120 e. The van der Waals surface area contributed by atoms with Crippen molar-refractivity contribution >= 4 is 0 Å². The molecule has 78 valence electrons. The van der Waals surface area contributed by atoms with Crippen molar-refractivity contribution in [2.24, 2.45) is 0 Å². The lowest BCUT2D eigenvalue weighted by atomic mass is 10.1. The van der Waals surface area contributed by atoms with Gasteiger partial charge < -0.3 is 0 Å². The lowest BCUT2D eigenvalue weighted by molar-refractivity contribution is 0.637. The quantitative estimate of drug-likeness (QED) is 0.301. The number of hydrogen-bond acceptors (Lipinski definition) is 0. The van der Waals surface area contributed by atoms with Crippen molar-refractivity contribution in [1.29, 1.82) is 0 Å². The molecule has 0 fully saturated rings. The topological polar surface area (TPSA) is 0 Å². The Morgan fingerprint density at radius 2 is 1.71 bits per heavy atom. The summed E-state index contributed by atoms with van der Waals surface area (Å²) in [7, 11) is 0. The molecule has 0 spiro atoms. The third-order valence-corrected chi connectivity index (χ3v) is 2.09. The van der Waals surface area contributed by atoms with Crippen LogP contribution in [0.2, 0.25) is 0 Å². The van der Waals surface area contributed by atoms with Crippen molar-refractivity contribution in [3.8, 4) is 12.3 Å². The molecule has 0 saturated heterocycles. The predicted octanol–water partition coefficient (Wildman–Crippen LogP) is 4.48. The molecule has 0 aromatic rings. The fourth-order valence-electron chi connectivity index (χ4n) is 1.26. The number of rotatable bonds is 8. The van der Waals surface area contributed by atoms with E-state index in [1.807, 2.05) is 12.2 Å². The summed E-state index contributed by atoms with van der Waals surface area (Å²) in [6.45, 7) is 2.25. The molecule has 0 amide bonds. The van der Waals surface area contributed by atoms with E-state index < -0.39 is 0 Å². The minimum absolute atomic E-state index is 0.737. The molecule has 0 bridgehead atoms. The zero-order chi connectivity index (χ0) is 10.5. The van der Waals surface area contributed by atoms with E-state index in [4.69, 9.17) is 6.42 Å². The molecule has 0 aliphatic heterocycles. The molecular weight excluding hydrogens is 168 g/mol. The summed E-state index contributed by atoms with van der Waals surface area (Å²) < 4.78 is 0. The fraction of sp³-hybridized carbons (Fsp3) is 0.571. The van der Waals surface area contributed by atoms with Gasteiger partial charge in [-0.25, -0.2) is 0 Å². The lowest BCUT2D eigenvalue weighted by Crippen LogP contribution is -1.75. The molecule has 14 heavy (non-hydrogen) atoms. The zero-order valence-corrected chi connectivity index (χ0v) is 9.34. The molecule has 0 aromatic carbocycles. The Morgan fingerprint density at radius 1 is 1.00 bits per heavy atom. The molecule has 0 radical (unpaired) electrons. The summed E-state index contributed by atoms with van der Waals surface area (Å²) in [6, 6.07) is 0. The van der Waals surface area contributed by atoms with Crippen LogP contribution < -0.4 is 0 Å². The first-order chi connectivity index (χ1) is 6.91. The van der Waals surface area contributed by atoms with Gasteiger partial charge >= 0.3 is 0 Å². The Hall–Kier alpha value is -0.960. The summed E-state index contributed by atoms with van der Waals surface area (Å²) in [5.41, 5.74) is 0. The molecule has 0 saturated carbocycles. The van der Waals surface area contributed by atoms with Gasteiger partial charge in [0.05, 0.1) is 0 Å². The van der Waals surface area contributed by atoms with Gasteiger partial charge in [0.1, 0.15) is 0 Å². The van der Waals surface area contributed by atoms with Gasteiger partial charge in [-0.3, -0.25) is 0 Å². The average molecular weight is 190 g/mol. The van der Waals surface area contributed by atoms with Gasteiger partial charge in [0.15, 0.2) is 0 Å². The van der Waals surface area contributed by atoms with Crippen molar-refractivity contribution < 1.29 is 0 Å². The van der Waals surface area contributed by atoms with Gasteiger partial charge in [-0.15, -0.1) is 12.3 Å². The third-order valence-electron chi connectivity index (χ3n) is 2.09. The second-order valence-electron chi connectivity index (χ2n) is 3.47. The Kier molecular flexibility index (Phi) is 11.2. The molecular formula is C14H22. The van der Waals surface area contributed by atoms with E-state index in [2.05, 4.69) is 25.0 Å². The van der Waals surface area contributed by atoms with Crippen LogP contribution in [-0.2, 0) is 0 Å². The first-order valence-electron chi connectivity index (χ1n) is 5.67. The summed E-state index contributed by atoms with van der Waals surface area (Å²) >= 11 is 0. The van der Waals surface area contributed by atoms with Crippen LogP contribution in [0.15, 0.2) is 24.3 Å². The molecule has 0 rings (SSSR count). The first-order valence-corrected chi connectivity index (χ1v) is 5.67. The van der Waals surface area contributed by atoms with Gasteiger partial charge in [0.25, 0.3) is 0 Å². The molecule has 0 nitrogen and oxygen atoms in total. The van der Waals surface area contributed by atoms with E-state index >= 15 is 0 Å². The number of unbranched alkanes of at least 4 members (excludes halogenated alkanes) is 5. The minimum atomic E-state index is 0.737. The summed E-state index contributed by atoms with van der Waals surface area (Å²) in [6.07, 6.45) is 22.2. The van der Waals surface area contributed by atoms with E-state index in [1.165, 1.54) is 38.5 Å². The van der Waals surface area contributed by atoms with E-state index in [9.17, 15) is 0 Å². The van der Waals surface area contributed by atoms with E-state index in [0.717, 1.165) is 6.42 Å². The van der Waals surface area contributed by atoms with Gasteiger partial charge in [-0.1, -0.05) is 56.9 Å². The first kappa shape index (κ1) is 13.0. The molecule has 0 unspecified atom stereocenters. The summed E-state index contributed by atoms with van der Waals surface area (Å²) in [4.78, 5) is 0. The number of allylic oxidation sites excluding steroid dienone is 4. The van der Waals surface area contributed by atoms with E-state index in [0.29, 0.717) is 0 Å². The van der Waals surface area contributed by atoms with Crippen LogP contribution in [0.1, 0.15) is 51.9 Å². The SMILES string of the molecule is C#CC/C=C/C=C/CCCCCCC. The van der Waals surface area contributed by atoms with Crippen molar-refractivity contribution in [2.45, 2.75) is 51.9 Å². The summed E-state index contributed by atoms with van der Waals surface area (Å²) in [5.74, 6) is 2.57. The number of terminal acetylenes is 1. The molecule has 0 aliphatic carbocycles. The minimum Gasteiger partial charge on any atom is -0.120 e. The summed E-state index contributed by atoms with van der Waals surface area (Å²) in [5, 5.41) is 0. The third kappa shape index (κ3) is 11.0. The van der Waals surface area contributed by atoms with Crippen molar-refractivity contribution in [2.75, 3.05) is 0 Å². The van der Waals surface area contributed by atoms with Crippen molar-refractivity contribution in [3.63, 3.8) is 0 Å². The van der Waals surface area contributed by atoms with Crippen LogP contribution in [0, 0.1) is 12.3 Å². The van der Waals surface area contributed by atoms with Crippen LogP contribution in [0.5, 0.6) is 0 Å². The van der Waals surface area contributed by atoms with Crippen molar-refractivity contribution in [1.82, 2.24) is 0 Å². The fourth-order valence-corrected chi connectivity index (χ4v) is 1.26. The van der Waals surface area contributed by atoms with Gasteiger partial charge in [-0.05, 0) is 12.8 Å². The van der Waals surface area contributed by atoms with Crippen LogP contribution in [0.3, 0.4) is 0 Å². The molecule has 0 atom stereocenters. The Morgan fingerprint density at radius 3 is 2.43 bits per heavy atom. The normalized spacial score (nSPS) is 11.1. The van der Waals surface area contributed by atoms with E-state index in [-0.39, 0.29) is 0 Å². The standard InChI is InChI=1S/C14H22/c1-3-5-7-9-11-13-14-12-10-8-6-4-2/h1,7,9,11,13H,4-6,8,10,12,14H2,2H3/b9-7+,13-11+. The maximum absolute atomic E-state index is 5.11. The molecule has 0 aliphatic rings. The van der Waals surface area contributed by atoms with Gasteiger partial charge in [0.2, 0.25) is 0 Å². The highest BCUT2D eigenvalue weighted by Gasteiger charge is 1.85. The Balaban J connectivity index is 3.15. The van der Waals surface area contributed by atoms with Gasteiger partial charge in [-0.2, -0.15) is 0 Å². The lowest BCUT2D eigenvalue weighted by Gasteiger charge is -1.95. The van der Waals surface area contributed by atoms with Crippen molar-refractivity contribution in [3.05, 3.63) is 24.3 Å². The maximum Gasteiger partial charge on any atom is 0.0270 e. The maximum atomic E-state index is 5.11. The second kappa shape index (κ2) is 12.0. The predicted molar refractivity (Wildman–Crippen MR) is 65.1 cm³/mol. The Labute approximate surface area is 89.1 Å². The highest BCUT2D eigenvalue weighted by atomic mass is 13.9. The molecule has 0 heteroatoms. The molecule has 0 aromatic heterocycles. The second-order valence-corrected chi connectivity index (χ2v) is 3.47. The number of hydrogen-bond donors (Lipinski definition) is 0. The smallest absolute Gasteiger partial charge is 0.0270 e.